The molecule has 0 aromatic rings. The Labute approximate surface area is 74.3 Å². The molecular formula is C9H12F4. The van der Waals surface area contributed by atoms with E-state index >= 15 is 0 Å². The van der Waals surface area contributed by atoms with Crippen LogP contribution in [0.5, 0.6) is 0 Å². The van der Waals surface area contributed by atoms with Gasteiger partial charge in [0.15, 0.2) is 0 Å². The Kier molecular flexibility index (Phi) is 1.57. The molecule has 2 aliphatic rings. The standard InChI is InChI=1S/C9H12F4/c1-7-4-8(10,11)2-6(7)3-9(12,13)5-7/h6H,2-5H2,1H3. The van der Waals surface area contributed by atoms with E-state index in [9.17, 15) is 17.6 Å². The highest BCUT2D eigenvalue weighted by molar-refractivity contribution is 5.05. The normalized spacial score (nSPS) is 46.4. The molecule has 0 heterocycles. The lowest BCUT2D eigenvalue weighted by Crippen LogP contribution is -2.21. The van der Waals surface area contributed by atoms with Crippen LogP contribution in [0.4, 0.5) is 17.6 Å². The summed E-state index contributed by atoms with van der Waals surface area (Å²) >= 11 is 0. The number of alkyl halides is 4. The Hall–Kier alpha value is -0.280. The molecule has 0 amide bonds. The van der Waals surface area contributed by atoms with Crippen molar-refractivity contribution in [2.45, 2.75) is 44.5 Å². The second-order valence-electron chi connectivity index (χ2n) is 4.82. The molecule has 13 heavy (non-hydrogen) atoms. The van der Waals surface area contributed by atoms with Gasteiger partial charge in [-0.3, -0.25) is 0 Å². The van der Waals surface area contributed by atoms with E-state index in [4.69, 9.17) is 0 Å². The first-order chi connectivity index (χ1) is 5.73. The van der Waals surface area contributed by atoms with Gasteiger partial charge in [0.25, 0.3) is 0 Å². The Bertz CT molecular complexity index is 214. The number of rotatable bonds is 0. The van der Waals surface area contributed by atoms with Crippen LogP contribution >= 0.6 is 0 Å². The fourth-order valence-electron chi connectivity index (χ4n) is 2.96. The summed E-state index contributed by atoms with van der Waals surface area (Å²) in [5.74, 6) is -5.91. The van der Waals surface area contributed by atoms with E-state index in [1.54, 1.807) is 6.92 Å². The van der Waals surface area contributed by atoms with Gasteiger partial charge >= 0.3 is 0 Å². The first-order valence-corrected chi connectivity index (χ1v) is 4.48. The smallest absolute Gasteiger partial charge is 0.207 e. The quantitative estimate of drug-likeness (QED) is 0.520. The van der Waals surface area contributed by atoms with Gasteiger partial charge in [-0.15, -0.1) is 0 Å². The molecule has 0 atom stereocenters. The van der Waals surface area contributed by atoms with Crippen LogP contribution in [0, 0.1) is 11.3 Å². The number of hydrogen-bond donors (Lipinski definition) is 0. The molecule has 76 valence electrons. The Morgan fingerprint density at radius 1 is 0.923 bits per heavy atom. The fourth-order valence-corrected chi connectivity index (χ4v) is 2.96. The van der Waals surface area contributed by atoms with Gasteiger partial charge in [0.05, 0.1) is 0 Å². The van der Waals surface area contributed by atoms with Crippen molar-refractivity contribution in [2.75, 3.05) is 0 Å². The zero-order valence-corrected chi connectivity index (χ0v) is 7.42. The number of hydrogen-bond acceptors (Lipinski definition) is 0. The van der Waals surface area contributed by atoms with E-state index in [0.29, 0.717) is 0 Å². The predicted octanol–water partition coefficient (Wildman–Crippen LogP) is 3.47. The highest BCUT2D eigenvalue weighted by Gasteiger charge is 2.62. The van der Waals surface area contributed by atoms with Crippen molar-refractivity contribution in [3.8, 4) is 0 Å². The molecule has 0 nitrogen and oxygen atoms in total. The van der Waals surface area contributed by atoms with Crippen molar-refractivity contribution in [3.63, 3.8) is 0 Å². The minimum atomic E-state index is -2.71. The molecule has 0 aromatic heterocycles. The van der Waals surface area contributed by atoms with Crippen LogP contribution in [0.1, 0.15) is 32.6 Å². The van der Waals surface area contributed by atoms with Gasteiger partial charge in [-0.1, -0.05) is 6.92 Å². The Balaban J connectivity index is 2.20. The van der Waals surface area contributed by atoms with Gasteiger partial charge in [-0.2, -0.15) is 0 Å². The van der Waals surface area contributed by atoms with Crippen LogP contribution < -0.4 is 0 Å². The first-order valence-electron chi connectivity index (χ1n) is 4.48. The average Bonchev–Trinajstić information content (AvgIpc) is 2.06. The zero-order chi connectivity index (χ0) is 9.91. The van der Waals surface area contributed by atoms with Crippen LogP contribution in [0.3, 0.4) is 0 Å². The molecule has 0 N–H and O–H groups in total. The topological polar surface area (TPSA) is 0 Å². The summed E-state index contributed by atoms with van der Waals surface area (Å²) in [4.78, 5) is 0. The zero-order valence-electron chi connectivity index (χ0n) is 7.42. The van der Waals surface area contributed by atoms with E-state index in [1.807, 2.05) is 0 Å². The van der Waals surface area contributed by atoms with Gasteiger partial charge < -0.3 is 0 Å². The Morgan fingerprint density at radius 3 is 1.62 bits per heavy atom. The third kappa shape index (κ3) is 1.44. The molecule has 2 aliphatic carbocycles. The van der Waals surface area contributed by atoms with Crippen molar-refractivity contribution < 1.29 is 17.6 Å². The third-order valence-electron chi connectivity index (χ3n) is 3.40. The van der Waals surface area contributed by atoms with Gasteiger partial charge in [0, 0.05) is 25.7 Å². The fraction of sp³-hybridized carbons (Fsp3) is 1.00. The monoisotopic (exact) mass is 196 g/mol. The van der Waals surface area contributed by atoms with Gasteiger partial charge in [0.2, 0.25) is 11.8 Å². The SMILES string of the molecule is CC12CC(F)(F)CC1CC(F)(F)C2. The van der Waals surface area contributed by atoms with Crippen LogP contribution in [0.25, 0.3) is 0 Å². The molecule has 0 aromatic carbocycles. The maximum atomic E-state index is 12.9. The molecule has 0 aliphatic heterocycles. The molecule has 0 spiro atoms. The highest BCUT2D eigenvalue weighted by Crippen LogP contribution is 2.63. The summed E-state index contributed by atoms with van der Waals surface area (Å²) in [6.07, 6.45) is -1.42. The van der Waals surface area contributed by atoms with E-state index in [-0.39, 0.29) is 25.7 Å². The molecule has 2 fully saturated rings. The largest absolute Gasteiger partial charge is 0.249 e. The molecule has 4 heteroatoms. The molecule has 0 saturated heterocycles. The number of halogens is 4. The third-order valence-corrected chi connectivity index (χ3v) is 3.40. The van der Waals surface area contributed by atoms with Gasteiger partial charge in [-0.25, -0.2) is 17.6 Å². The lowest BCUT2D eigenvalue weighted by Gasteiger charge is -2.22. The second-order valence-corrected chi connectivity index (χ2v) is 4.82. The molecule has 0 radical (unpaired) electrons. The van der Waals surface area contributed by atoms with Crippen LogP contribution in [0.2, 0.25) is 0 Å². The average molecular weight is 196 g/mol. The van der Waals surface area contributed by atoms with Crippen LogP contribution in [-0.4, -0.2) is 11.8 Å². The van der Waals surface area contributed by atoms with E-state index < -0.39 is 23.2 Å². The van der Waals surface area contributed by atoms with Gasteiger partial charge in [0.1, 0.15) is 0 Å². The summed E-state index contributed by atoms with van der Waals surface area (Å²) < 4.78 is 51.7. The highest BCUT2D eigenvalue weighted by atomic mass is 19.3. The molecule has 0 unspecified atom stereocenters. The van der Waals surface area contributed by atoms with Crippen LogP contribution in [-0.2, 0) is 0 Å². The lowest BCUT2D eigenvalue weighted by atomic mass is 9.83. The molecule has 2 saturated carbocycles. The van der Waals surface area contributed by atoms with Crippen molar-refractivity contribution >= 4 is 0 Å². The summed E-state index contributed by atoms with van der Waals surface area (Å²) in [6.45, 7) is 1.57. The maximum absolute atomic E-state index is 12.9. The molecule has 0 bridgehead atoms. The van der Waals surface area contributed by atoms with Crippen LogP contribution in [0.15, 0.2) is 0 Å². The van der Waals surface area contributed by atoms with E-state index in [2.05, 4.69) is 0 Å². The minimum Gasteiger partial charge on any atom is -0.207 e. The Morgan fingerprint density at radius 2 is 1.31 bits per heavy atom. The number of fused-ring (bicyclic) bond motifs is 1. The van der Waals surface area contributed by atoms with E-state index in [1.165, 1.54) is 0 Å². The lowest BCUT2D eigenvalue weighted by molar-refractivity contribution is -0.0420. The first kappa shape index (κ1) is 9.28. The van der Waals surface area contributed by atoms with Crippen molar-refractivity contribution in [3.05, 3.63) is 0 Å². The summed E-state index contributed by atoms with van der Waals surface area (Å²) in [5.41, 5.74) is -0.826. The van der Waals surface area contributed by atoms with Crippen molar-refractivity contribution in [1.82, 2.24) is 0 Å². The molecule has 2 rings (SSSR count). The summed E-state index contributed by atoms with van der Waals surface area (Å²) in [6, 6.07) is 0. The summed E-state index contributed by atoms with van der Waals surface area (Å²) in [5, 5.41) is 0. The predicted molar refractivity (Wildman–Crippen MR) is 40.0 cm³/mol. The van der Waals surface area contributed by atoms with E-state index in [0.717, 1.165) is 0 Å². The molecular weight excluding hydrogens is 184 g/mol. The minimum absolute atomic E-state index is 0.348. The van der Waals surface area contributed by atoms with Crippen molar-refractivity contribution in [2.24, 2.45) is 11.3 Å². The maximum Gasteiger partial charge on any atom is 0.249 e. The van der Waals surface area contributed by atoms with Crippen molar-refractivity contribution in [1.29, 1.82) is 0 Å². The summed E-state index contributed by atoms with van der Waals surface area (Å²) in [7, 11) is 0. The van der Waals surface area contributed by atoms with Gasteiger partial charge in [-0.05, 0) is 11.3 Å². The second kappa shape index (κ2) is 2.20.